The second-order valence-corrected chi connectivity index (χ2v) is 3.16. The van der Waals surface area contributed by atoms with Gasteiger partial charge in [0.05, 0.1) is 29.5 Å². The molecule has 0 aliphatic heterocycles. The summed E-state index contributed by atoms with van der Waals surface area (Å²) in [5.74, 6) is 0.550. The average Bonchev–Trinajstić information content (AvgIpc) is 2.11. The van der Waals surface area contributed by atoms with E-state index < -0.39 is 0 Å². The molecule has 0 fully saturated rings. The fourth-order valence-electron chi connectivity index (χ4n) is 0.930. The van der Waals surface area contributed by atoms with E-state index in [1.165, 1.54) is 7.11 Å². The Morgan fingerprint density at radius 2 is 2.08 bits per heavy atom. The lowest BCUT2D eigenvalue weighted by molar-refractivity contribution is 0.415. The molecule has 3 nitrogen and oxygen atoms in total. The molecule has 0 amide bonds. The maximum Gasteiger partial charge on any atom is 0.139 e. The molecule has 0 heterocycles. The molecule has 0 unspecified atom stereocenters. The van der Waals surface area contributed by atoms with Crippen molar-refractivity contribution < 1.29 is 4.74 Å². The van der Waals surface area contributed by atoms with Crippen LogP contribution in [0.25, 0.3) is 0 Å². The predicted molar refractivity (Wildman–Crippen MR) is 55.7 cm³/mol. The molecule has 1 aromatic rings. The van der Waals surface area contributed by atoms with Gasteiger partial charge in [-0.15, -0.1) is 0 Å². The van der Waals surface area contributed by atoms with Crippen LogP contribution in [0.15, 0.2) is 12.1 Å². The van der Waals surface area contributed by atoms with Gasteiger partial charge in [0.15, 0.2) is 0 Å². The molecule has 0 bridgehead atoms. The molecule has 72 valence electrons. The Kier molecular flexibility index (Phi) is 3.66. The summed E-state index contributed by atoms with van der Waals surface area (Å²) < 4.78 is 4.98. The smallest absolute Gasteiger partial charge is 0.139 e. The van der Waals surface area contributed by atoms with E-state index in [1.54, 1.807) is 12.1 Å². The highest BCUT2D eigenvalue weighted by Gasteiger charge is 2.06. The molecule has 0 aliphatic rings. The maximum absolute atomic E-state index is 5.90. The maximum atomic E-state index is 5.90. The quantitative estimate of drug-likeness (QED) is 0.770. The van der Waals surface area contributed by atoms with E-state index in [2.05, 4.69) is 5.32 Å². The molecule has 1 rings (SSSR count). The van der Waals surface area contributed by atoms with E-state index in [0.717, 1.165) is 0 Å². The molecule has 0 aliphatic carbocycles. The number of rotatable bonds is 3. The second kappa shape index (κ2) is 4.56. The summed E-state index contributed by atoms with van der Waals surface area (Å²) in [6.07, 6.45) is 0. The van der Waals surface area contributed by atoms with E-state index in [1.807, 2.05) is 0 Å². The van der Waals surface area contributed by atoms with E-state index in [0.29, 0.717) is 28.2 Å². The minimum atomic E-state index is 0.308. The van der Waals surface area contributed by atoms with Gasteiger partial charge in [-0.05, 0) is 6.07 Å². The number of benzene rings is 1. The number of ether oxygens (including phenoxy) is 1. The van der Waals surface area contributed by atoms with Crippen molar-refractivity contribution in [2.75, 3.05) is 19.1 Å². The lowest BCUT2D eigenvalue weighted by atomic mass is 10.3. The second-order valence-electron chi connectivity index (χ2n) is 2.35. The summed E-state index contributed by atoms with van der Waals surface area (Å²) in [5.41, 5.74) is 6.01. The summed E-state index contributed by atoms with van der Waals surface area (Å²) in [4.78, 5) is 0. The number of anilines is 1. The molecule has 0 atom stereocenters. The van der Waals surface area contributed by atoms with Crippen molar-refractivity contribution in [1.82, 2.24) is 0 Å². The minimum Gasteiger partial charge on any atom is -0.495 e. The third-order valence-corrected chi connectivity index (χ3v) is 2.14. The first-order valence-electron chi connectivity index (χ1n) is 3.66. The standard InChI is InChI=1S/C8H10Cl2N2O/c1-13-8-3-5(9)7(12-4-11)2-6(8)10/h2-3,12H,4,11H2,1H3. The van der Waals surface area contributed by atoms with Gasteiger partial charge < -0.3 is 15.8 Å². The van der Waals surface area contributed by atoms with Gasteiger partial charge in [-0.25, -0.2) is 0 Å². The largest absolute Gasteiger partial charge is 0.495 e. The van der Waals surface area contributed by atoms with Gasteiger partial charge in [-0.2, -0.15) is 0 Å². The van der Waals surface area contributed by atoms with Crippen LogP contribution in [0.2, 0.25) is 10.0 Å². The zero-order valence-electron chi connectivity index (χ0n) is 7.10. The molecule has 0 saturated carbocycles. The Balaban J connectivity index is 3.05. The Morgan fingerprint density at radius 1 is 1.38 bits per heavy atom. The Labute approximate surface area is 86.8 Å². The summed E-state index contributed by atoms with van der Waals surface area (Å²) in [7, 11) is 1.54. The summed E-state index contributed by atoms with van der Waals surface area (Å²) >= 11 is 11.8. The van der Waals surface area contributed by atoms with Gasteiger partial charge in [0.2, 0.25) is 0 Å². The van der Waals surface area contributed by atoms with Crippen molar-refractivity contribution in [2.24, 2.45) is 5.73 Å². The van der Waals surface area contributed by atoms with Gasteiger partial charge in [0.1, 0.15) is 5.75 Å². The third kappa shape index (κ3) is 2.40. The zero-order chi connectivity index (χ0) is 9.84. The monoisotopic (exact) mass is 220 g/mol. The summed E-state index contributed by atoms with van der Waals surface area (Å²) in [6.45, 7) is 0.308. The van der Waals surface area contributed by atoms with Crippen LogP contribution in [0.4, 0.5) is 5.69 Å². The first-order valence-corrected chi connectivity index (χ1v) is 4.41. The lowest BCUT2D eigenvalue weighted by Gasteiger charge is -2.09. The van der Waals surface area contributed by atoms with Gasteiger partial charge in [-0.3, -0.25) is 0 Å². The fraction of sp³-hybridized carbons (Fsp3) is 0.250. The van der Waals surface area contributed by atoms with Crippen LogP contribution < -0.4 is 15.8 Å². The Bertz CT molecular complexity index is 304. The fourth-order valence-corrected chi connectivity index (χ4v) is 1.39. The van der Waals surface area contributed by atoms with Crippen molar-refractivity contribution >= 4 is 28.9 Å². The van der Waals surface area contributed by atoms with Crippen molar-refractivity contribution in [1.29, 1.82) is 0 Å². The molecule has 1 aromatic carbocycles. The first kappa shape index (κ1) is 10.4. The number of hydrogen-bond donors (Lipinski definition) is 2. The Hall–Kier alpha value is -0.640. The molecule has 0 aromatic heterocycles. The average molecular weight is 221 g/mol. The van der Waals surface area contributed by atoms with Crippen molar-refractivity contribution in [3.63, 3.8) is 0 Å². The number of halogens is 2. The minimum absolute atomic E-state index is 0.308. The van der Waals surface area contributed by atoms with Gasteiger partial charge in [0, 0.05) is 6.07 Å². The highest BCUT2D eigenvalue weighted by molar-refractivity contribution is 6.36. The van der Waals surface area contributed by atoms with Crippen LogP contribution >= 0.6 is 23.2 Å². The molecular weight excluding hydrogens is 211 g/mol. The Morgan fingerprint density at radius 3 is 2.62 bits per heavy atom. The lowest BCUT2D eigenvalue weighted by Crippen LogP contribution is -2.11. The number of nitrogens with two attached hydrogens (primary N) is 1. The van der Waals surface area contributed by atoms with Gasteiger partial charge in [-0.1, -0.05) is 23.2 Å². The number of methoxy groups -OCH3 is 1. The molecule has 0 saturated heterocycles. The van der Waals surface area contributed by atoms with Crippen molar-refractivity contribution in [3.05, 3.63) is 22.2 Å². The highest BCUT2D eigenvalue weighted by Crippen LogP contribution is 2.33. The molecule has 0 spiro atoms. The molecule has 0 radical (unpaired) electrons. The number of hydrogen-bond acceptors (Lipinski definition) is 3. The van der Waals surface area contributed by atoms with Crippen LogP contribution in [0.1, 0.15) is 0 Å². The van der Waals surface area contributed by atoms with Gasteiger partial charge >= 0.3 is 0 Å². The predicted octanol–water partition coefficient (Wildman–Crippen LogP) is 2.33. The van der Waals surface area contributed by atoms with E-state index in [9.17, 15) is 0 Å². The molecular formula is C8H10Cl2N2O. The topological polar surface area (TPSA) is 47.3 Å². The SMILES string of the molecule is COc1cc(Cl)c(NCN)cc1Cl. The van der Waals surface area contributed by atoms with Crippen LogP contribution in [0.5, 0.6) is 5.75 Å². The van der Waals surface area contributed by atoms with Crippen molar-refractivity contribution in [3.8, 4) is 5.75 Å². The van der Waals surface area contributed by atoms with Crippen LogP contribution in [-0.4, -0.2) is 13.8 Å². The number of nitrogens with one attached hydrogen (secondary N) is 1. The highest BCUT2D eigenvalue weighted by atomic mass is 35.5. The van der Waals surface area contributed by atoms with Crippen LogP contribution in [0.3, 0.4) is 0 Å². The summed E-state index contributed by atoms with van der Waals surface area (Å²) in [6, 6.07) is 3.32. The molecule has 13 heavy (non-hydrogen) atoms. The van der Waals surface area contributed by atoms with Crippen LogP contribution in [-0.2, 0) is 0 Å². The van der Waals surface area contributed by atoms with E-state index >= 15 is 0 Å². The van der Waals surface area contributed by atoms with Crippen molar-refractivity contribution in [2.45, 2.75) is 0 Å². The van der Waals surface area contributed by atoms with Crippen LogP contribution in [0, 0.1) is 0 Å². The summed E-state index contributed by atoms with van der Waals surface area (Å²) in [5, 5.41) is 3.91. The zero-order valence-corrected chi connectivity index (χ0v) is 8.62. The van der Waals surface area contributed by atoms with E-state index in [4.69, 9.17) is 33.7 Å². The van der Waals surface area contributed by atoms with Gasteiger partial charge in [0.25, 0.3) is 0 Å². The molecule has 3 N–H and O–H groups in total. The normalized spacial score (nSPS) is 9.85. The first-order chi connectivity index (χ1) is 6.19. The third-order valence-electron chi connectivity index (χ3n) is 1.53. The van der Waals surface area contributed by atoms with E-state index in [-0.39, 0.29) is 0 Å². The molecule has 5 heteroatoms.